The molecule has 1 N–H and O–H groups in total. The summed E-state index contributed by atoms with van der Waals surface area (Å²) in [6, 6.07) is 5.11. The zero-order valence-corrected chi connectivity index (χ0v) is 11.3. The summed E-state index contributed by atoms with van der Waals surface area (Å²) in [6.07, 6.45) is -4.54. The van der Waals surface area contributed by atoms with E-state index in [-0.39, 0.29) is 5.56 Å². The van der Waals surface area contributed by atoms with Gasteiger partial charge in [-0.1, -0.05) is 0 Å². The molecule has 3 nitrogen and oxygen atoms in total. The summed E-state index contributed by atoms with van der Waals surface area (Å²) in [7, 11) is 0. The van der Waals surface area contributed by atoms with Crippen LogP contribution < -0.4 is 5.32 Å². The molecule has 2 aromatic rings. The molecule has 0 aliphatic rings. The number of rotatable bonds is 3. The third-order valence-corrected chi connectivity index (χ3v) is 3.52. The maximum Gasteiger partial charge on any atom is 0.417 e. The van der Waals surface area contributed by atoms with Gasteiger partial charge in [0, 0.05) is 16.8 Å². The van der Waals surface area contributed by atoms with Gasteiger partial charge in [-0.15, -0.1) is 11.3 Å². The van der Waals surface area contributed by atoms with E-state index in [2.05, 4.69) is 10.3 Å². The number of nitriles is 1. The maximum atomic E-state index is 12.8. The molecule has 2 rings (SSSR count). The van der Waals surface area contributed by atoms with Gasteiger partial charge in [0.05, 0.1) is 23.7 Å². The van der Waals surface area contributed by atoms with E-state index in [0.29, 0.717) is 12.2 Å². The van der Waals surface area contributed by atoms with Crippen LogP contribution in [0.1, 0.15) is 21.8 Å². The van der Waals surface area contributed by atoms with Gasteiger partial charge in [0.15, 0.2) is 0 Å². The molecule has 0 aliphatic heterocycles. The Hall–Kier alpha value is -2.07. The van der Waals surface area contributed by atoms with Crippen LogP contribution in [0, 0.1) is 18.3 Å². The van der Waals surface area contributed by atoms with Gasteiger partial charge in [0.25, 0.3) is 0 Å². The van der Waals surface area contributed by atoms with E-state index in [0.717, 1.165) is 22.8 Å². The molecular weight excluding hydrogens is 287 g/mol. The van der Waals surface area contributed by atoms with Gasteiger partial charge in [0.2, 0.25) is 0 Å². The third kappa shape index (κ3) is 3.27. The highest BCUT2D eigenvalue weighted by Crippen LogP contribution is 2.33. The highest BCUT2D eigenvalue weighted by atomic mass is 32.1. The van der Waals surface area contributed by atoms with Gasteiger partial charge in [-0.25, -0.2) is 4.98 Å². The van der Waals surface area contributed by atoms with Crippen molar-refractivity contribution in [2.24, 2.45) is 0 Å². The van der Waals surface area contributed by atoms with Crippen molar-refractivity contribution >= 4 is 17.0 Å². The summed E-state index contributed by atoms with van der Waals surface area (Å²) in [6.45, 7) is 2.20. The number of alkyl halides is 3. The Kier molecular flexibility index (Phi) is 3.95. The molecule has 0 bridgehead atoms. The van der Waals surface area contributed by atoms with Gasteiger partial charge < -0.3 is 5.32 Å². The van der Waals surface area contributed by atoms with E-state index >= 15 is 0 Å². The molecule has 0 unspecified atom stereocenters. The van der Waals surface area contributed by atoms with Crippen LogP contribution in [0.3, 0.4) is 0 Å². The molecule has 0 saturated heterocycles. The lowest BCUT2D eigenvalue weighted by Crippen LogP contribution is -2.09. The van der Waals surface area contributed by atoms with Crippen molar-refractivity contribution < 1.29 is 13.2 Å². The van der Waals surface area contributed by atoms with Crippen molar-refractivity contribution in [1.82, 2.24) is 4.98 Å². The third-order valence-electron chi connectivity index (χ3n) is 2.56. The first-order valence-electron chi connectivity index (χ1n) is 5.66. The summed E-state index contributed by atoms with van der Waals surface area (Å²) in [4.78, 5) is 4.21. The fraction of sp³-hybridized carbons (Fsp3) is 0.231. The van der Waals surface area contributed by atoms with Crippen LogP contribution in [0.5, 0.6) is 0 Å². The van der Waals surface area contributed by atoms with Gasteiger partial charge in [-0.2, -0.15) is 18.4 Å². The van der Waals surface area contributed by atoms with Crippen LogP contribution >= 0.6 is 11.3 Å². The standard InChI is InChI=1S/C13H10F3N3S/c1-8-7-20-12(19-8)6-18-10-3-2-9(5-17)11(4-10)13(14,15)16/h2-4,7,18H,6H2,1H3. The Labute approximate surface area is 117 Å². The van der Waals surface area contributed by atoms with Crippen molar-refractivity contribution in [2.45, 2.75) is 19.6 Å². The molecule has 0 radical (unpaired) electrons. The summed E-state index contributed by atoms with van der Waals surface area (Å²) >= 11 is 1.44. The fourth-order valence-corrected chi connectivity index (χ4v) is 2.36. The quantitative estimate of drug-likeness (QED) is 0.933. The van der Waals surface area contributed by atoms with Crippen LogP contribution in [-0.2, 0) is 12.7 Å². The second-order valence-electron chi connectivity index (χ2n) is 4.11. The molecule has 1 aromatic heterocycles. The molecule has 0 saturated carbocycles. The summed E-state index contributed by atoms with van der Waals surface area (Å²) in [5.74, 6) is 0. The number of halogens is 3. The molecular formula is C13H10F3N3S. The number of hydrogen-bond acceptors (Lipinski definition) is 4. The second-order valence-corrected chi connectivity index (χ2v) is 5.05. The van der Waals surface area contributed by atoms with Crippen LogP contribution in [-0.4, -0.2) is 4.98 Å². The predicted molar refractivity (Wildman–Crippen MR) is 70.3 cm³/mol. The first-order chi connectivity index (χ1) is 9.40. The molecule has 0 amide bonds. The van der Waals surface area contributed by atoms with Crippen molar-refractivity contribution in [3.8, 4) is 6.07 Å². The minimum Gasteiger partial charge on any atom is -0.379 e. The van der Waals surface area contributed by atoms with Crippen LogP contribution in [0.4, 0.5) is 18.9 Å². The predicted octanol–water partition coefficient (Wildman–Crippen LogP) is 3.95. The second kappa shape index (κ2) is 5.51. The number of thiazole rings is 1. The van der Waals surface area contributed by atoms with Crippen LogP contribution in [0.15, 0.2) is 23.6 Å². The average molecular weight is 297 g/mol. The number of benzene rings is 1. The molecule has 0 atom stereocenters. The number of nitrogens with one attached hydrogen (secondary N) is 1. The minimum atomic E-state index is -4.54. The van der Waals surface area contributed by atoms with E-state index in [9.17, 15) is 13.2 Å². The monoisotopic (exact) mass is 297 g/mol. The molecule has 1 heterocycles. The highest BCUT2D eigenvalue weighted by Gasteiger charge is 2.33. The lowest BCUT2D eigenvalue weighted by Gasteiger charge is -2.11. The van der Waals surface area contributed by atoms with Crippen molar-refractivity contribution in [3.05, 3.63) is 45.4 Å². The lowest BCUT2D eigenvalue weighted by atomic mass is 10.1. The van der Waals surface area contributed by atoms with Gasteiger partial charge in [0.1, 0.15) is 5.01 Å². The van der Waals surface area contributed by atoms with Crippen LogP contribution in [0.25, 0.3) is 0 Å². The first kappa shape index (κ1) is 14.3. The van der Waals surface area contributed by atoms with Gasteiger partial charge >= 0.3 is 6.18 Å². The first-order valence-corrected chi connectivity index (χ1v) is 6.54. The van der Waals surface area contributed by atoms with E-state index in [1.54, 1.807) is 6.07 Å². The summed E-state index contributed by atoms with van der Waals surface area (Å²) < 4.78 is 38.4. The minimum absolute atomic E-state index is 0.309. The summed E-state index contributed by atoms with van der Waals surface area (Å²) in [5.41, 5.74) is -0.125. The number of hydrogen-bond donors (Lipinski definition) is 1. The maximum absolute atomic E-state index is 12.8. The molecule has 1 aromatic carbocycles. The smallest absolute Gasteiger partial charge is 0.379 e. The van der Waals surface area contributed by atoms with Crippen molar-refractivity contribution in [3.63, 3.8) is 0 Å². The molecule has 7 heteroatoms. The molecule has 20 heavy (non-hydrogen) atoms. The van der Waals surface area contributed by atoms with Gasteiger partial charge in [-0.05, 0) is 25.1 Å². The number of nitrogens with zero attached hydrogens (tertiary/aromatic N) is 2. The Morgan fingerprint density at radius 2 is 2.15 bits per heavy atom. The zero-order valence-electron chi connectivity index (χ0n) is 10.5. The lowest BCUT2D eigenvalue weighted by molar-refractivity contribution is -0.137. The van der Waals surface area contributed by atoms with E-state index < -0.39 is 11.7 Å². The average Bonchev–Trinajstić information content (AvgIpc) is 2.81. The van der Waals surface area contributed by atoms with E-state index in [4.69, 9.17) is 5.26 Å². The zero-order chi connectivity index (χ0) is 14.8. The van der Waals surface area contributed by atoms with Crippen molar-refractivity contribution in [1.29, 1.82) is 5.26 Å². The number of aromatic nitrogens is 1. The largest absolute Gasteiger partial charge is 0.417 e. The molecule has 0 spiro atoms. The number of anilines is 1. The Morgan fingerprint density at radius 1 is 1.40 bits per heavy atom. The summed E-state index contributed by atoms with van der Waals surface area (Å²) in [5, 5.41) is 14.2. The van der Waals surface area contributed by atoms with E-state index in [1.807, 2.05) is 12.3 Å². The van der Waals surface area contributed by atoms with Gasteiger partial charge in [-0.3, -0.25) is 0 Å². The fourth-order valence-electron chi connectivity index (χ4n) is 1.65. The molecule has 0 aliphatic carbocycles. The number of aryl methyl sites for hydroxylation is 1. The van der Waals surface area contributed by atoms with Crippen molar-refractivity contribution in [2.75, 3.05) is 5.32 Å². The Balaban J connectivity index is 2.19. The SMILES string of the molecule is Cc1csc(CNc2ccc(C#N)c(C(F)(F)F)c2)n1. The molecule has 0 fully saturated rings. The normalized spacial score (nSPS) is 11.2. The topological polar surface area (TPSA) is 48.7 Å². The Bertz CT molecular complexity index is 656. The molecule has 104 valence electrons. The Morgan fingerprint density at radius 3 is 2.70 bits per heavy atom. The highest BCUT2D eigenvalue weighted by molar-refractivity contribution is 7.09. The van der Waals surface area contributed by atoms with E-state index in [1.165, 1.54) is 17.4 Å². The van der Waals surface area contributed by atoms with Crippen LogP contribution in [0.2, 0.25) is 0 Å².